The molecule has 0 fully saturated rings. The molecule has 0 radical (unpaired) electrons. The molecule has 3 aromatic carbocycles. The van der Waals surface area contributed by atoms with Crippen molar-refractivity contribution in [3.63, 3.8) is 0 Å². The molecule has 0 aliphatic carbocycles. The Hall–Kier alpha value is -4.06. The van der Waals surface area contributed by atoms with E-state index in [0.717, 1.165) is 4.90 Å². The SMILES string of the molecule is CCOc1ccc(C2=C(Nc3ccccc3)C(=O)N(c3ccccc3OC)C2=O)cc1. The van der Waals surface area contributed by atoms with E-state index in [-0.39, 0.29) is 5.70 Å². The molecule has 6 nitrogen and oxygen atoms in total. The first-order valence-electron chi connectivity index (χ1n) is 9.95. The molecule has 0 bridgehead atoms. The third-order valence-corrected chi connectivity index (χ3v) is 4.91. The fourth-order valence-corrected chi connectivity index (χ4v) is 3.50. The fourth-order valence-electron chi connectivity index (χ4n) is 3.50. The summed E-state index contributed by atoms with van der Waals surface area (Å²) in [6.07, 6.45) is 0. The van der Waals surface area contributed by atoms with Crippen LogP contribution in [0.2, 0.25) is 0 Å². The van der Waals surface area contributed by atoms with Gasteiger partial charge in [0, 0.05) is 5.69 Å². The summed E-state index contributed by atoms with van der Waals surface area (Å²) in [6, 6.07) is 23.4. The van der Waals surface area contributed by atoms with Gasteiger partial charge < -0.3 is 14.8 Å². The zero-order valence-corrected chi connectivity index (χ0v) is 17.3. The lowest BCUT2D eigenvalue weighted by molar-refractivity contribution is -0.120. The second-order valence-electron chi connectivity index (χ2n) is 6.82. The van der Waals surface area contributed by atoms with Crippen LogP contribution in [-0.2, 0) is 9.59 Å². The molecular weight excluding hydrogens is 392 g/mol. The Morgan fingerprint density at radius 3 is 2.19 bits per heavy atom. The highest BCUT2D eigenvalue weighted by atomic mass is 16.5. The Labute approximate surface area is 180 Å². The number of anilines is 2. The standard InChI is InChI=1S/C25H22N2O4/c1-3-31-19-15-13-17(14-16-19)22-23(26-18-9-5-4-6-10-18)25(29)27(24(22)28)20-11-7-8-12-21(20)30-2/h4-16,26H,3H2,1-2H3. The van der Waals surface area contributed by atoms with E-state index in [9.17, 15) is 9.59 Å². The third-order valence-electron chi connectivity index (χ3n) is 4.91. The number of imide groups is 1. The fraction of sp³-hybridized carbons (Fsp3) is 0.120. The molecule has 0 saturated carbocycles. The van der Waals surface area contributed by atoms with Crippen LogP contribution in [0, 0.1) is 0 Å². The van der Waals surface area contributed by atoms with Gasteiger partial charge in [0.2, 0.25) is 0 Å². The Morgan fingerprint density at radius 1 is 0.839 bits per heavy atom. The van der Waals surface area contributed by atoms with E-state index in [1.54, 1.807) is 48.5 Å². The molecule has 0 saturated heterocycles. The van der Waals surface area contributed by atoms with Crippen LogP contribution in [0.1, 0.15) is 12.5 Å². The first kappa shape index (κ1) is 20.2. The van der Waals surface area contributed by atoms with Gasteiger partial charge in [0.25, 0.3) is 11.8 Å². The summed E-state index contributed by atoms with van der Waals surface area (Å²) in [5.41, 5.74) is 2.24. The number of nitrogens with zero attached hydrogens (tertiary/aromatic N) is 1. The number of carbonyl (C=O) groups excluding carboxylic acids is 2. The van der Waals surface area contributed by atoms with Crippen molar-refractivity contribution in [2.24, 2.45) is 0 Å². The summed E-state index contributed by atoms with van der Waals surface area (Å²) in [6.45, 7) is 2.45. The number of rotatable bonds is 7. The van der Waals surface area contributed by atoms with Crippen molar-refractivity contribution in [3.8, 4) is 11.5 Å². The van der Waals surface area contributed by atoms with Crippen molar-refractivity contribution >= 4 is 28.8 Å². The predicted molar refractivity (Wildman–Crippen MR) is 120 cm³/mol. The van der Waals surface area contributed by atoms with Crippen LogP contribution >= 0.6 is 0 Å². The second-order valence-corrected chi connectivity index (χ2v) is 6.82. The minimum absolute atomic E-state index is 0.214. The Bertz CT molecular complexity index is 1140. The molecule has 31 heavy (non-hydrogen) atoms. The quantitative estimate of drug-likeness (QED) is 0.577. The number of carbonyl (C=O) groups is 2. The van der Waals surface area contributed by atoms with Crippen LogP contribution in [0.25, 0.3) is 5.57 Å². The summed E-state index contributed by atoms with van der Waals surface area (Å²) >= 11 is 0. The largest absolute Gasteiger partial charge is 0.495 e. The molecule has 6 heteroatoms. The highest BCUT2D eigenvalue weighted by molar-refractivity contribution is 6.46. The molecule has 156 valence electrons. The van der Waals surface area contributed by atoms with Crippen LogP contribution in [0.4, 0.5) is 11.4 Å². The van der Waals surface area contributed by atoms with E-state index in [1.807, 2.05) is 37.3 Å². The number of ether oxygens (including phenoxy) is 2. The summed E-state index contributed by atoms with van der Waals surface area (Å²) in [7, 11) is 1.51. The average molecular weight is 414 g/mol. The molecule has 0 spiro atoms. The Balaban J connectivity index is 1.81. The number of methoxy groups -OCH3 is 1. The molecule has 1 aliphatic rings. The van der Waals surface area contributed by atoms with Gasteiger partial charge in [-0.2, -0.15) is 0 Å². The molecule has 1 N–H and O–H groups in total. The van der Waals surface area contributed by atoms with Gasteiger partial charge in [-0.1, -0.05) is 42.5 Å². The molecule has 0 atom stereocenters. The van der Waals surface area contributed by atoms with Gasteiger partial charge in [0.1, 0.15) is 17.2 Å². The lowest BCUT2D eigenvalue weighted by Crippen LogP contribution is -2.32. The van der Waals surface area contributed by atoms with E-state index >= 15 is 0 Å². The average Bonchev–Trinajstić information content (AvgIpc) is 3.04. The van der Waals surface area contributed by atoms with E-state index < -0.39 is 11.8 Å². The zero-order chi connectivity index (χ0) is 21.8. The van der Waals surface area contributed by atoms with Gasteiger partial charge in [-0.25, -0.2) is 4.90 Å². The number of hydrogen-bond acceptors (Lipinski definition) is 5. The summed E-state index contributed by atoms with van der Waals surface area (Å²) < 4.78 is 10.9. The monoisotopic (exact) mass is 414 g/mol. The smallest absolute Gasteiger partial charge is 0.282 e. The van der Waals surface area contributed by atoms with Crippen molar-refractivity contribution in [2.75, 3.05) is 23.9 Å². The summed E-state index contributed by atoms with van der Waals surface area (Å²) in [5, 5.41) is 3.14. The molecule has 4 rings (SSSR count). The van der Waals surface area contributed by atoms with E-state index in [2.05, 4.69) is 5.32 Å². The van der Waals surface area contributed by atoms with Crippen LogP contribution < -0.4 is 19.7 Å². The molecular formula is C25H22N2O4. The first-order chi connectivity index (χ1) is 15.1. The maximum atomic E-state index is 13.5. The molecule has 0 unspecified atom stereocenters. The second kappa shape index (κ2) is 8.75. The lowest BCUT2D eigenvalue weighted by Gasteiger charge is -2.18. The van der Waals surface area contributed by atoms with E-state index in [4.69, 9.17) is 9.47 Å². The van der Waals surface area contributed by atoms with Gasteiger partial charge in [-0.05, 0) is 48.9 Å². The number of amides is 2. The zero-order valence-electron chi connectivity index (χ0n) is 17.3. The number of para-hydroxylation sites is 3. The molecule has 3 aromatic rings. The van der Waals surface area contributed by atoms with Crippen LogP contribution in [0.3, 0.4) is 0 Å². The van der Waals surface area contributed by atoms with Gasteiger partial charge in [0.15, 0.2) is 0 Å². The number of hydrogen-bond donors (Lipinski definition) is 1. The van der Waals surface area contributed by atoms with Crippen molar-refractivity contribution in [1.82, 2.24) is 0 Å². The van der Waals surface area contributed by atoms with Crippen molar-refractivity contribution in [3.05, 3.63) is 90.1 Å². The van der Waals surface area contributed by atoms with Crippen molar-refractivity contribution < 1.29 is 19.1 Å². The van der Waals surface area contributed by atoms with Gasteiger partial charge >= 0.3 is 0 Å². The maximum Gasteiger partial charge on any atom is 0.282 e. The first-order valence-corrected chi connectivity index (χ1v) is 9.95. The minimum Gasteiger partial charge on any atom is -0.495 e. The van der Waals surface area contributed by atoms with E-state index in [1.165, 1.54) is 7.11 Å². The topological polar surface area (TPSA) is 67.9 Å². The number of benzene rings is 3. The van der Waals surface area contributed by atoms with Crippen LogP contribution in [-0.4, -0.2) is 25.5 Å². The lowest BCUT2D eigenvalue weighted by atomic mass is 10.0. The van der Waals surface area contributed by atoms with E-state index in [0.29, 0.717) is 40.6 Å². The van der Waals surface area contributed by atoms with Gasteiger partial charge in [-0.3, -0.25) is 9.59 Å². The predicted octanol–water partition coefficient (Wildman–Crippen LogP) is 4.49. The summed E-state index contributed by atoms with van der Waals surface area (Å²) in [5.74, 6) is 0.276. The van der Waals surface area contributed by atoms with Crippen molar-refractivity contribution in [1.29, 1.82) is 0 Å². The number of nitrogens with one attached hydrogen (secondary N) is 1. The maximum absolute atomic E-state index is 13.5. The Morgan fingerprint density at radius 2 is 1.52 bits per heavy atom. The molecule has 2 amide bonds. The normalized spacial score (nSPS) is 13.5. The van der Waals surface area contributed by atoms with Crippen molar-refractivity contribution in [2.45, 2.75) is 6.92 Å². The molecule has 1 aliphatic heterocycles. The molecule has 0 aromatic heterocycles. The Kier molecular flexibility index (Phi) is 5.71. The highest BCUT2D eigenvalue weighted by Crippen LogP contribution is 2.38. The van der Waals surface area contributed by atoms with Gasteiger partial charge in [-0.15, -0.1) is 0 Å². The summed E-state index contributed by atoms with van der Waals surface area (Å²) in [4.78, 5) is 28.1. The van der Waals surface area contributed by atoms with Crippen LogP contribution in [0.5, 0.6) is 11.5 Å². The molecule has 1 heterocycles. The highest BCUT2D eigenvalue weighted by Gasteiger charge is 2.41. The third kappa shape index (κ3) is 3.88. The van der Waals surface area contributed by atoms with Gasteiger partial charge in [0.05, 0.1) is 25.0 Å². The minimum atomic E-state index is -0.442. The van der Waals surface area contributed by atoms with Crippen LogP contribution in [0.15, 0.2) is 84.6 Å².